The Balaban J connectivity index is 0.000000488. The molecule has 23 heteroatoms. The molecular formula is C37H42F7N5O9S2. The average molecular weight is 898 g/mol. The van der Waals surface area contributed by atoms with Crippen LogP contribution in [0.4, 0.5) is 30.7 Å². The van der Waals surface area contributed by atoms with Crippen molar-refractivity contribution in [3.63, 3.8) is 0 Å². The number of nitrogens with one attached hydrogen (secondary N) is 2. The lowest BCUT2D eigenvalue weighted by molar-refractivity contribution is -0.193. The number of halogens is 7. The molecule has 6 rings (SSSR count). The van der Waals surface area contributed by atoms with E-state index >= 15 is 0 Å². The van der Waals surface area contributed by atoms with Gasteiger partial charge in [0.05, 0.1) is 40.8 Å². The summed E-state index contributed by atoms with van der Waals surface area (Å²) < 4.78 is 84.9. The molecule has 2 aliphatic rings. The van der Waals surface area contributed by atoms with E-state index in [1.54, 1.807) is 24.4 Å². The molecule has 2 saturated heterocycles. The van der Waals surface area contributed by atoms with Crippen LogP contribution in [0.5, 0.6) is 5.75 Å². The zero-order valence-electron chi connectivity index (χ0n) is 32.0. The molecule has 0 bridgehead atoms. The van der Waals surface area contributed by atoms with Gasteiger partial charge in [0.15, 0.2) is 0 Å². The smallest absolute Gasteiger partial charge is 0.490 e. The first kappa shape index (κ1) is 48.0. The fraction of sp³-hybridized carbons (Fsp3) is 0.486. The number of hydrogen-bond donors (Lipinski definition) is 6. The molecule has 0 unspecified atom stereocenters. The normalized spacial score (nSPS) is 16.2. The summed E-state index contributed by atoms with van der Waals surface area (Å²) in [6.07, 6.45) is -7.15. The van der Waals surface area contributed by atoms with Gasteiger partial charge in [0.1, 0.15) is 22.0 Å². The highest BCUT2D eigenvalue weighted by molar-refractivity contribution is 7.16. The van der Waals surface area contributed by atoms with Crippen LogP contribution in [0.3, 0.4) is 0 Å². The van der Waals surface area contributed by atoms with Crippen molar-refractivity contribution < 1.29 is 70.3 Å². The van der Waals surface area contributed by atoms with Crippen LogP contribution < -0.4 is 10.2 Å². The first-order valence-corrected chi connectivity index (χ1v) is 19.8. The van der Waals surface area contributed by atoms with Gasteiger partial charge in [-0.2, -0.15) is 26.3 Å². The van der Waals surface area contributed by atoms with Crippen LogP contribution in [0.15, 0.2) is 41.3 Å². The van der Waals surface area contributed by atoms with E-state index in [9.17, 15) is 50.5 Å². The maximum absolute atomic E-state index is 14.6. The first-order valence-electron chi connectivity index (χ1n) is 18.2. The largest absolute Gasteiger partial charge is 0.506 e. The number of likely N-dealkylation sites (tertiary alicyclic amines) is 1. The number of hydrogen-bond acceptors (Lipinski definition) is 12. The van der Waals surface area contributed by atoms with Crippen LogP contribution in [-0.4, -0.2) is 122 Å². The van der Waals surface area contributed by atoms with Gasteiger partial charge in [-0.1, -0.05) is 37.3 Å². The minimum atomic E-state index is -5.08. The number of carboxylic acids is 2. The summed E-state index contributed by atoms with van der Waals surface area (Å²) >= 11 is 2.43. The fourth-order valence-electron chi connectivity index (χ4n) is 6.34. The first-order chi connectivity index (χ1) is 28.0. The molecule has 2 fully saturated rings. The number of carbonyl (C=O) groups excluding carboxylic acids is 1. The van der Waals surface area contributed by atoms with Crippen LogP contribution in [-0.2, 0) is 27.3 Å². The molecule has 14 nitrogen and oxygen atoms in total. The monoisotopic (exact) mass is 897 g/mol. The van der Waals surface area contributed by atoms with E-state index < -0.39 is 30.4 Å². The van der Waals surface area contributed by atoms with Gasteiger partial charge in [0, 0.05) is 44.2 Å². The molecule has 0 radical (unpaired) electrons. The molecule has 0 aliphatic carbocycles. The number of aromatic nitrogens is 2. The number of benzene rings is 2. The number of amides is 1. The van der Waals surface area contributed by atoms with E-state index in [1.807, 2.05) is 11.0 Å². The number of H-pyrrole nitrogens is 1. The van der Waals surface area contributed by atoms with Gasteiger partial charge in [-0.15, -0.1) is 11.3 Å². The summed E-state index contributed by atoms with van der Waals surface area (Å²) in [5.41, 5.74) is 2.32. The number of fused-ring (bicyclic) bond motifs is 1. The molecule has 1 atom stereocenters. The third kappa shape index (κ3) is 13.4. The minimum Gasteiger partial charge on any atom is -0.506 e. The number of aliphatic hydroxyl groups excluding tert-OH is 1. The number of rotatable bonds is 10. The molecule has 0 saturated carbocycles. The van der Waals surface area contributed by atoms with Gasteiger partial charge in [0.25, 0.3) is 5.91 Å². The highest BCUT2D eigenvalue weighted by Gasteiger charge is 2.42. The molecule has 1 spiro atoms. The predicted molar refractivity (Wildman–Crippen MR) is 205 cm³/mol. The molecular weight excluding hydrogens is 856 g/mol. The van der Waals surface area contributed by atoms with Crippen LogP contribution in [0.25, 0.3) is 10.2 Å². The van der Waals surface area contributed by atoms with Crippen LogP contribution >= 0.6 is 22.7 Å². The predicted octanol–water partition coefficient (Wildman–Crippen LogP) is 5.65. The molecule has 60 heavy (non-hydrogen) atoms. The molecule has 2 aromatic carbocycles. The number of phenols is 1. The quantitative estimate of drug-likeness (QED) is 0.0844. The number of ether oxygens (including phenoxy) is 1. The lowest BCUT2D eigenvalue weighted by Crippen LogP contribution is -2.57. The maximum atomic E-state index is 14.6. The van der Waals surface area contributed by atoms with Crippen molar-refractivity contribution in [2.45, 2.75) is 69.6 Å². The molecule has 4 aromatic rings. The Morgan fingerprint density at radius 1 is 0.983 bits per heavy atom. The second-order valence-electron chi connectivity index (χ2n) is 14.2. The molecule has 2 aliphatic heterocycles. The number of carboxylic acid groups (broad SMARTS) is 2. The summed E-state index contributed by atoms with van der Waals surface area (Å²) in [6, 6.07) is 8.24. The number of thiazole rings is 2. The van der Waals surface area contributed by atoms with E-state index in [-0.39, 0.29) is 34.5 Å². The number of carbonyl (C=O) groups is 3. The Kier molecular flexibility index (Phi) is 16.2. The standard InChI is InChI=1S/C33H40FN5O5S2.2C2HF3O2/c1-20(2)30-36-17-27(45-30)31(42)39-11-12-44-33(19-39)6-9-38(10-7-33)18-22-13-21(14-23(34)15-22)5-8-35-16-26(41)24-3-4-25(40)28-29(24)46-32(43)37-28;2*3-2(4,5)1(6)7/h3-4,13-15,17,20,26,35,40-41H,5-12,16,18-19H2,1-2H3,(H,37,43);2*(H,6,7)/t26-;;/m0../s1. The fourth-order valence-corrected chi connectivity index (χ4v) is 8.15. The molecule has 2 aromatic heterocycles. The highest BCUT2D eigenvalue weighted by atomic mass is 32.1. The van der Waals surface area contributed by atoms with E-state index in [0.29, 0.717) is 65.8 Å². The van der Waals surface area contributed by atoms with E-state index in [0.717, 1.165) is 53.4 Å². The number of aromatic hydroxyl groups is 1. The van der Waals surface area contributed by atoms with Gasteiger partial charge < -0.3 is 40.4 Å². The zero-order valence-corrected chi connectivity index (χ0v) is 33.7. The molecule has 1 amide bonds. The number of aliphatic carboxylic acids is 2. The summed E-state index contributed by atoms with van der Waals surface area (Å²) in [7, 11) is 0. The lowest BCUT2D eigenvalue weighted by atomic mass is 9.89. The van der Waals surface area contributed by atoms with Gasteiger partial charge >= 0.3 is 29.2 Å². The number of phenolic OH excluding ortho intramolecular Hbond substituents is 1. The zero-order chi connectivity index (χ0) is 44.6. The van der Waals surface area contributed by atoms with Gasteiger partial charge in [-0.05, 0) is 55.1 Å². The number of morpholine rings is 1. The number of piperidine rings is 1. The Bertz CT molecular complexity index is 2140. The Hall–Kier alpha value is -4.68. The summed E-state index contributed by atoms with van der Waals surface area (Å²) in [4.78, 5) is 54.5. The van der Waals surface area contributed by atoms with Crippen molar-refractivity contribution in [1.82, 2.24) is 25.1 Å². The Labute approximate surface area is 345 Å². The minimum absolute atomic E-state index is 0.0300. The SMILES string of the molecule is CC(C)c1ncc(C(=O)N2CCOC3(CCN(Cc4cc(F)cc(CCNC[C@H](O)c5ccc(O)c6[nH]c(=O)sc56)c4)CC3)C2)s1.O=C(O)C(F)(F)F.O=C(O)C(F)(F)F. The van der Waals surface area contributed by atoms with E-state index in [1.165, 1.54) is 17.4 Å². The third-order valence-corrected chi connectivity index (χ3v) is 11.5. The number of alkyl halides is 6. The Morgan fingerprint density at radius 3 is 2.18 bits per heavy atom. The van der Waals surface area contributed by atoms with Crippen molar-refractivity contribution in [1.29, 1.82) is 0 Å². The van der Waals surface area contributed by atoms with E-state index in [4.69, 9.17) is 24.5 Å². The maximum Gasteiger partial charge on any atom is 0.490 e. The van der Waals surface area contributed by atoms with Crippen molar-refractivity contribution >= 4 is 50.7 Å². The number of aromatic amines is 1. The topological polar surface area (TPSA) is 206 Å². The van der Waals surface area contributed by atoms with Gasteiger partial charge in [-0.3, -0.25) is 14.5 Å². The molecule has 6 N–H and O–H groups in total. The summed E-state index contributed by atoms with van der Waals surface area (Å²) in [5, 5.41) is 39.2. The van der Waals surface area contributed by atoms with E-state index in [2.05, 4.69) is 34.0 Å². The average Bonchev–Trinajstić information content (AvgIpc) is 3.82. The second kappa shape index (κ2) is 20.3. The lowest BCUT2D eigenvalue weighted by Gasteiger charge is -2.47. The Morgan fingerprint density at radius 2 is 1.60 bits per heavy atom. The van der Waals surface area contributed by atoms with Crippen LogP contribution in [0.2, 0.25) is 0 Å². The van der Waals surface area contributed by atoms with Gasteiger partial charge in [0.2, 0.25) is 0 Å². The molecule has 4 heterocycles. The number of nitrogens with zero attached hydrogens (tertiary/aromatic N) is 3. The summed E-state index contributed by atoms with van der Waals surface area (Å²) in [6.45, 7) is 8.83. The van der Waals surface area contributed by atoms with Crippen molar-refractivity contribution in [2.75, 3.05) is 45.9 Å². The van der Waals surface area contributed by atoms with Crippen molar-refractivity contribution in [2.24, 2.45) is 0 Å². The van der Waals surface area contributed by atoms with Crippen LogP contribution in [0, 0.1) is 5.82 Å². The van der Waals surface area contributed by atoms with Crippen LogP contribution in [0.1, 0.15) is 70.1 Å². The summed E-state index contributed by atoms with van der Waals surface area (Å²) in [5.74, 6) is -5.50. The second-order valence-corrected chi connectivity index (χ2v) is 16.2. The highest BCUT2D eigenvalue weighted by Crippen LogP contribution is 2.33. The van der Waals surface area contributed by atoms with Crippen molar-refractivity contribution in [3.8, 4) is 5.75 Å². The van der Waals surface area contributed by atoms with Gasteiger partial charge in [-0.25, -0.2) is 19.0 Å². The van der Waals surface area contributed by atoms with Crippen molar-refractivity contribution in [3.05, 3.63) is 78.6 Å². The molecule has 330 valence electrons. The third-order valence-electron chi connectivity index (χ3n) is 9.31. The number of aliphatic hydroxyl groups is 1.